The Kier molecular flexibility index (Phi) is 2.83. The smallest absolute Gasteiger partial charge is 0.160 e. The van der Waals surface area contributed by atoms with E-state index in [1.807, 2.05) is 13.8 Å². The zero-order chi connectivity index (χ0) is 12.6. The van der Waals surface area contributed by atoms with E-state index < -0.39 is 5.82 Å². The van der Waals surface area contributed by atoms with Crippen LogP contribution in [-0.2, 0) is 7.05 Å². The van der Waals surface area contributed by atoms with Crippen molar-refractivity contribution < 1.29 is 4.39 Å². The highest BCUT2D eigenvalue weighted by atomic mass is 19.1. The van der Waals surface area contributed by atoms with Crippen molar-refractivity contribution in [2.75, 3.05) is 5.73 Å². The summed E-state index contributed by atoms with van der Waals surface area (Å²) >= 11 is 0. The molecule has 0 unspecified atom stereocenters. The van der Waals surface area contributed by atoms with Gasteiger partial charge in [-0.15, -0.1) is 0 Å². The summed E-state index contributed by atoms with van der Waals surface area (Å²) in [7, 11) is 1.78. The lowest BCUT2D eigenvalue weighted by Crippen LogP contribution is -1.99. The van der Waals surface area contributed by atoms with Crippen molar-refractivity contribution in [3.63, 3.8) is 0 Å². The molecule has 17 heavy (non-hydrogen) atoms. The number of aromatic nitrogens is 3. The van der Waals surface area contributed by atoms with Gasteiger partial charge in [0.25, 0.3) is 0 Å². The van der Waals surface area contributed by atoms with Gasteiger partial charge in [-0.3, -0.25) is 0 Å². The zero-order valence-electron chi connectivity index (χ0n) is 10.1. The maximum Gasteiger partial charge on any atom is 0.160 e. The number of hydrogen-bond donors (Lipinski definition) is 1. The Morgan fingerprint density at radius 2 is 2.06 bits per heavy atom. The first-order valence-electron chi connectivity index (χ1n) is 5.46. The van der Waals surface area contributed by atoms with Crippen molar-refractivity contribution in [3.8, 4) is 11.4 Å². The highest BCUT2D eigenvalue weighted by molar-refractivity contribution is 5.71. The van der Waals surface area contributed by atoms with Gasteiger partial charge in [0.1, 0.15) is 5.82 Å². The molecule has 1 aromatic carbocycles. The zero-order valence-corrected chi connectivity index (χ0v) is 10.1. The Morgan fingerprint density at radius 1 is 1.35 bits per heavy atom. The molecule has 1 aromatic heterocycles. The molecule has 0 fully saturated rings. The SMILES string of the molecule is CC(C)c1nc(-c2cccc(F)c2N)n(C)n1. The van der Waals surface area contributed by atoms with E-state index in [1.165, 1.54) is 6.07 Å². The fraction of sp³-hybridized carbons (Fsp3) is 0.333. The monoisotopic (exact) mass is 234 g/mol. The molecule has 0 bridgehead atoms. The fourth-order valence-electron chi connectivity index (χ4n) is 1.62. The largest absolute Gasteiger partial charge is 0.396 e. The first-order valence-corrected chi connectivity index (χ1v) is 5.46. The molecule has 2 N–H and O–H groups in total. The minimum absolute atomic E-state index is 0.110. The van der Waals surface area contributed by atoms with Crippen LogP contribution < -0.4 is 5.73 Å². The van der Waals surface area contributed by atoms with Crippen LogP contribution >= 0.6 is 0 Å². The van der Waals surface area contributed by atoms with Crippen LogP contribution in [0.5, 0.6) is 0 Å². The second-order valence-corrected chi connectivity index (χ2v) is 4.27. The van der Waals surface area contributed by atoms with Gasteiger partial charge in [0.05, 0.1) is 5.69 Å². The molecule has 0 saturated heterocycles. The minimum Gasteiger partial charge on any atom is -0.396 e. The van der Waals surface area contributed by atoms with Crippen LogP contribution in [0.25, 0.3) is 11.4 Å². The van der Waals surface area contributed by atoms with Crippen molar-refractivity contribution in [1.82, 2.24) is 14.8 Å². The van der Waals surface area contributed by atoms with E-state index in [4.69, 9.17) is 5.73 Å². The van der Waals surface area contributed by atoms with Crippen LogP contribution in [0.15, 0.2) is 18.2 Å². The van der Waals surface area contributed by atoms with Crippen LogP contribution in [-0.4, -0.2) is 14.8 Å². The third-order valence-electron chi connectivity index (χ3n) is 2.59. The molecule has 5 heteroatoms. The number of nitrogens with zero attached hydrogens (tertiary/aromatic N) is 3. The normalized spacial score (nSPS) is 11.1. The molecule has 0 amide bonds. The number of anilines is 1. The van der Waals surface area contributed by atoms with Gasteiger partial charge < -0.3 is 5.73 Å². The molecule has 0 spiro atoms. The second kappa shape index (κ2) is 4.16. The Hall–Kier alpha value is -1.91. The molecule has 0 atom stereocenters. The van der Waals surface area contributed by atoms with Crippen molar-refractivity contribution in [2.24, 2.45) is 7.05 Å². The van der Waals surface area contributed by atoms with E-state index in [9.17, 15) is 4.39 Å². The van der Waals surface area contributed by atoms with Crippen LogP contribution in [0, 0.1) is 5.82 Å². The van der Waals surface area contributed by atoms with Gasteiger partial charge in [0.2, 0.25) is 0 Å². The molecule has 2 aromatic rings. The number of para-hydroxylation sites is 1. The first-order chi connectivity index (χ1) is 8.00. The highest BCUT2D eigenvalue weighted by Crippen LogP contribution is 2.26. The van der Waals surface area contributed by atoms with Gasteiger partial charge >= 0.3 is 0 Å². The van der Waals surface area contributed by atoms with Crippen molar-refractivity contribution in [3.05, 3.63) is 29.8 Å². The molecular weight excluding hydrogens is 219 g/mol. The van der Waals surface area contributed by atoms with Crippen LogP contribution in [0.2, 0.25) is 0 Å². The van der Waals surface area contributed by atoms with Gasteiger partial charge in [-0.25, -0.2) is 14.1 Å². The number of rotatable bonds is 2. The van der Waals surface area contributed by atoms with Gasteiger partial charge in [0, 0.05) is 18.5 Å². The Morgan fingerprint density at radius 3 is 2.65 bits per heavy atom. The lowest BCUT2D eigenvalue weighted by molar-refractivity contribution is 0.632. The summed E-state index contributed by atoms with van der Waals surface area (Å²) in [6.07, 6.45) is 0. The molecular formula is C12H15FN4. The summed E-state index contributed by atoms with van der Waals surface area (Å²) in [6, 6.07) is 4.69. The number of halogens is 1. The molecule has 2 rings (SSSR count). The van der Waals surface area contributed by atoms with E-state index in [2.05, 4.69) is 10.1 Å². The average molecular weight is 234 g/mol. The van der Waals surface area contributed by atoms with Crippen molar-refractivity contribution in [2.45, 2.75) is 19.8 Å². The van der Waals surface area contributed by atoms with Gasteiger partial charge in [0.15, 0.2) is 11.6 Å². The predicted molar refractivity (Wildman–Crippen MR) is 64.9 cm³/mol. The molecule has 0 aliphatic rings. The molecule has 90 valence electrons. The lowest BCUT2D eigenvalue weighted by atomic mass is 10.1. The number of nitrogen functional groups attached to an aromatic ring is 1. The average Bonchev–Trinajstić information content (AvgIpc) is 2.65. The maximum atomic E-state index is 13.4. The summed E-state index contributed by atoms with van der Waals surface area (Å²) in [4.78, 5) is 4.39. The van der Waals surface area contributed by atoms with E-state index in [0.29, 0.717) is 11.4 Å². The number of nitrogens with two attached hydrogens (primary N) is 1. The predicted octanol–water partition coefficient (Wildman–Crippen LogP) is 2.33. The standard InChI is InChI=1S/C12H15FN4/c1-7(2)11-15-12(17(3)16-11)8-5-4-6-9(13)10(8)14/h4-7H,14H2,1-3H3. The number of benzene rings is 1. The van der Waals surface area contributed by atoms with E-state index in [-0.39, 0.29) is 11.6 Å². The van der Waals surface area contributed by atoms with E-state index in [1.54, 1.807) is 23.9 Å². The van der Waals surface area contributed by atoms with Crippen LogP contribution in [0.3, 0.4) is 0 Å². The minimum atomic E-state index is -0.434. The van der Waals surface area contributed by atoms with Gasteiger partial charge in [-0.1, -0.05) is 19.9 Å². The summed E-state index contributed by atoms with van der Waals surface area (Å²) in [5.41, 5.74) is 6.40. The first kappa shape index (κ1) is 11.6. The summed E-state index contributed by atoms with van der Waals surface area (Å²) in [5, 5.41) is 4.28. The maximum absolute atomic E-state index is 13.4. The van der Waals surface area contributed by atoms with E-state index >= 15 is 0 Å². The quantitative estimate of drug-likeness (QED) is 0.811. The topological polar surface area (TPSA) is 56.7 Å². The third-order valence-corrected chi connectivity index (χ3v) is 2.59. The third kappa shape index (κ3) is 2.00. The highest BCUT2D eigenvalue weighted by Gasteiger charge is 2.15. The van der Waals surface area contributed by atoms with Gasteiger partial charge in [-0.05, 0) is 12.1 Å². The molecule has 4 nitrogen and oxygen atoms in total. The molecule has 0 aliphatic carbocycles. The number of hydrogen-bond acceptors (Lipinski definition) is 3. The molecule has 0 aliphatic heterocycles. The summed E-state index contributed by atoms with van der Waals surface area (Å²) in [6.45, 7) is 4.02. The summed E-state index contributed by atoms with van der Waals surface area (Å²) < 4.78 is 15.0. The van der Waals surface area contributed by atoms with Crippen LogP contribution in [0.4, 0.5) is 10.1 Å². The van der Waals surface area contributed by atoms with Crippen molar-refractivity contribution in [1.29, 1.82) is 0 Å². The van der Waals surface area contributed by atoms with Gasteiger partial charge in [-0.2, -0.15) is 5.10 Å². The molecule has 0 radical (unpaired) electrons. The van der Waals surface area contributed by atoms with E-state index in [0.717, 1.165) is 5.82 Å². The molecule has 0 saturated carbocycles. The lowest BCUT2D eigenvalue weighted by Gasteiger charge is -2.04. The summed E-state index contributed by atoms with van der Waals surface area (Å²) in [5.74, 6) is 1.11. The molecule has 1 heterocycles. The fourth-order valence-corrected chi connectivity index (χ4v) is 1.62. The Bertz CT molecular complexity index is 545. The van der Waals surface area contributed by atoms with Crippen LogP contribution in [0.1, 0.15) is 25.6 Å². The second-order valence-electron chi connectivity index (χ2n) is 4.27. The van der Waals surface area contributed by atoms with Crippen molar-refractivity contribution >= 4 is 5.69 Å². The Labute approximate surface area is 99.3 Å². The Balaban J connectivity index is 2.57. The number of aryl methyl sites for hydroxylation is 1.